The van der Waals surface area contributed by atoms with Crippen LogP contribution in [0.1, 0.15) is 30.7 Å². The Labute approximate surface area is 193 Å². The van der Waals surface area contributed by atoms with Crippen molar-refractivity contribution < 1.29 is 23.9 Å². The van der Waals surface area contributed by atoms with Gasteiger partial charge in [-0.3, -0.25) is 14.4 Å². The molecule has 166 valence electrons. The molecule has 0 spiro atoms. The van der Waals surface area contributed by atoms with Gasteiger partial charge in [-0.25, -0.2) is 4.98 Å². The van der Waals surface area contributed by atoms with E-state index in [1.54, 1.807) is 55.5 Å². The summed E-state index contributed by atoms with van der Waals surface area (Å²) >= 11 is 7.11. The molecule has 0 fully saturated rings. The van der Waals surface area contributed by atoms with Crippen molar-refractivity contribution in [3.8, 4) is 5.75 Å². The number of carbonyl (C=O) groups excluding carboxylic acids is 3. The van der Waals surface area contributed by atoms with Gasteiger partial charge in [0.25, 0.3) is 11.8 Å². The number of rotatable bonds is 8. The highest BCUT2D eigenvalue weighted by atomic mass is 35.5. The summed E-state index contributed by atoms with van der Waals surface area (Å²) in [6.45, 7) is 1.77. The SMILES string of the molecule is COC(=O)CNC(=O)c1ccc(NC(=O)c2sc(COc3ccc(Cl)cc3)nc2C)cc1. The zero-order valence-electron chi connectivity index (χ0n) is 17.3. The van der Waals surface area contributed by atoms with Crippen LogP contribution in [0.5, 0.6) is 5.75 Å². The molecule has 32 heavy (non-hydrogen) atoms. The predicted molar refractivity (Wildman–Crippen MR) is 121 cm³/mol. The van der Waals surface area contributed by atoms with Gasteiger partial charge in [-0.1, -0.05) is 11.6 Å². The Hall–Kier alpha value is -3.43. The molecular weight excluding hydrogens is 454 g/mol. The number of aryl methyl sites for hydroxylation is 1. The quantitative estimate of drug-likeness (QED) is 0.481. The first kappa shape index (κ1) is 23.2. The van der Waals surface area contributed by atoms with Crippen molar-refractivity contribution in [3.63, 3.8) is 0 Å². The summed E-state index contributed by atoms with van der Waals surface area (Å²) in [4.78, 5) is 40.7. The first-order valence-corrected chi connectivity index (χ1v) is 10.7. The summed E-state index contributed by atoms with van der Waals surface area (Å²) in [7, 11) is 1.24. The number of carbonyl (C=O) groups is 3. The van der Waals surface area contributed by atoms with E-state index in [9.17, 15) is 14.4 Å². The molecule has 2 aromatic carbocycles. The third-order valence-corrected chi connectivity index (χ3v) is 5.63. The highest BCUT2D eigenvalue weighted by Crippen LogP contribution is 2.22. The van der Waals surface area contributed by atoms with Crippen LogP contribution in [0.15, 0.2) is 48.5 Å². The topological polar surface area (TPSA) is 107 Å². The number of esters is 1. The summed E-state index contributed by atoms with van der Waals surface area (Å²) < 4.78 is 10.2. The van der Waals surface area contributed by atoms with E-state index in [-0.39, 0.29) is 19.1 Å². The van der Waals surface area contributed by atoms with Crippen molar-refractivity contribution >= 4 is 46.4 Å². The number of thiazole rings is 1. The van der Waals surface area contributed by atoms with Crippen molar-refractivity contribution in [2.75, 3.05) is 19.0 Å². The van der Waals surface area contributed by atoms with Gasteiger partial charge in [-0.15, -0.1) is 11.3 Å². The van der Waals surface area contributed by atoms with Crippen molar-refractivity contribution in [2.24, 2.45) is 0 Å². The van der Waals surface area contributed by atoms with E-state index in [1.165, 1.54) is 18.4 Å². The maximum absolute atomic E-state index is 12.7. The van der Waals surface area contributed by atoms with E-state index in [1.807, 2.05) is 0 Å². The molecule has 0 saturated heterocycles. The first-order chi connectivity index (χ1) is 15.4. The van der Waals surface area contributed by atoms with E-state index < -0.39 is 11.9 Å². The van der Waals surface area contributed by atoms with E-state index in [4.69, 9.17) is 16.3 Å². The molecule has 1 aromatic heterocycles. The zero-order valence-corrected chi connectivity index (χ0v) is 18.9. The van der Waals surface area contributed by atoms with Gasteiger partial charge in [-0.2, -0.15) is 0 Å². The van der Waals surface area contributed by atoms with Crippen LogP contribution in [0.25, 0.3) is 0 Å². The van der Waals surface area contributed by atoms with Gasteiger partial charge >= 0.3 is 5.97 Å². The van der Waals surface area contributed by atoms with Gasteiger partial charge in [0.1, 0.15) is 28.8 Å². The van der Waals surface area contributed by atoms with Crippen LogP contribution in [0, 0.1) is 6.92 Å². The second-order valence-electron chi connectivity index (χ2n) is 6.56. The van der Waals surface area contributed by atoms with Crippen LogP contribution >= 0.6 is 22.9 Å². The van der Waals surface area contributed by atoms with Gasteiger partial charge in [0.05, 0.1) is 12.8 Å². The van der Waals surface area contributed by atoms with E-state index in [2.05, 4.69) is 20.4 Å². The molecule has 8 nitrogen and oxygen atoms in total. The molecule has 0 unspecified atom stereocenters. The average molecular weight is 474 g/mol. The molecule has 2 amide bonds. The summed E-state index contributed by atoms with van der Waals surface area (Å²) in [6, 6.07) is 13.3. The average Bonchev–Trinajstić information content (AvgIpc) is 3.18. The minimum absolute atomic E-state index is 0.220. The third-order valence-electron chi connectivity index (χ3n) is 4.25. The molecule has 10 heteroatoms. The van der Waals surface area contributed by atoms with Crippen molar-refractivity contribution in [1.82, 2.24) is 10.3 Å². The molecule has 0 aliphatic carbocycles. The molecule has 0 aliphatic rings. The Bertz CT molecular complexity index is 1110. The second-order valence-corrected chi connectivity index (χ2v) is 8.08. The minimum atomic E-state index is -0.542. The lowest BCUT2D eigenvalue weighted by molar-refractivity contribution is -0.139. The van der Waals surface area contributed by atoms with Crippen molar-refractivity contribution in [2.45, 2.75) is 13.5 Å². The van der Waals surface area contributed by atoms with Crippen LogP contribution in [-0.2, 0) is 16.1 Å². The van der Waals surface area contributed by atoms with Crippen molar-refractivity contribution in [3.05, 3.63) is 74.7 Å². The predicted octanol–water partition coefficient (Wildman–Crippen LogP) is 3.84. The van der Waals surface area contributed by atoms with Gasteiger partial charge in [-0.05, 0) is 55.5 Å². The van der Waals surface area contributed by atoms with Crippen molar-refractivity contribution in [1.29, 1.82) is 0 Å². The maximum Gasteiger partial charge on any atom is 0.325 e. The normalized spacial score (nSPS) is 10.3. The number of benzene rings is 2. The highest BCUT2D eigenvalue weighted by molar-refractivity contribution is 7.13. The molecular formula is C22H20ClN3O5S. The number of amides is 2. The monoisotopic (exact) mass is 473 g/mol. The lowest BCUT2D eigenvalue weighted by Crippen LogP contribution is -2.30. The molecule has 3 aromatic rings. The summed E-state index contributed by atoms with van der Waals surface area (Å²) in [5.74, 6) is -0.610. The Balaban J connectivity index is 1.57. The lowest BCUT2D eigenvalue weighted by atomic mass is 10.2. The second kappa shape index (κ2) is 10.7. The Kier molecular flexibility index (Phi) is 7.80. The smallest absolute Gasteiger partial charge is 0.325 e. The van der Waals surface area contributed by atoms with Crippen LogP contribution in [-0.4, -0.2) is 36.4 Å². The number of hydrogen-bond acceptors (Lipinski definition) is 7. The van der Waals surface area contributed by atoms with Crippen LogP contribution in [0.2, 0.25) is 5.02 Å². The van der Waals surface area contributed by atoms with Gasteiger partial charge in [0.15, 0.2) is 0 Å². The number of aromatic nitrogens is 1. The van der Waals surface area contributed by atoms with Gasteiger partial charge in [0.2, 0.25) is 0 Å². The minimum Gasteiger partial charge on any atom is -0.486 e. The number of halogens is 1. The highest BCUT2D eigenvalue weighted by Gasteiger charge is 2.16. The van der Waals surface area contributed by atoms with Crippen LogP contribution < -0.4 is 15.4 Å². The summed E-state index contributed by atoms with van der Waals surface area (Å²) in [6.07, 6.45) is 0. The fourth-order valence-corrected chi connectivity index (χ4v) is 3.62. The first-order valence-electron chi connectivity index (χ1n) is 9.47. The van der Waals surface area contributed by atoms with E-state index >= 15 is 0 Å². The summed E-state index contributed by atoms with van der Waals surface area (Å²) in [5.41, 5.74) is 1.47. The fourth-order valence-electron chi connectivity index (χ4n) is 2.62. The maximum atomic E-state index is 12.7. The lowest BCUT2D eigenvalue weighted by Gasteiger charge is -2.07. The number of nitrogens with zero attached hydrogens (tertiary/aromatic N) is 1. The Morgan fingerprint density at radius 2 is 1.72 bits per heavy atom. The largest absolute Gasteiger partial charge is 0.486 e. The molecule has 1 heterocycles. The van der Waals surface area contributed by atoms with Gasteiger partial charge in [0, 0.05) is 16.3 Å². The molecule has 3 rings (SSSR count). The number of methoxy groups -OCH3 is 1. The number of nitrogens with one attached hydrogen (secondary N) is 2. The van der Waals surface area contributed by atoms with E-state index in [0.717, 1.165) is 0 Å². The molecule has 0 saturated carbocycles. The van der Waals surface area contributed by atoms with Crippen LogP contribution in [0.4, 0.5) is 5.69 Å². The Morgan fingerprint density at radius 3 is 2.38 bits per heavy atom. The molecule has 0 aliphatic heterocycles. The van der Waals surface area contributed by atoms with E-state index in [0.29, 0.717) is 37.6 Å². The zero-order chi connectivity index (χ0) is 23.1. The van der Waals surface area contributed by atoms with Gasteiger partial charge < -0.3 is 20.1 Å². The molecule has 2 N–H and O–H groups in total. The molecule has 0 bridgehead atoms. The third kappa shape index (κ3) is 6.29. The molecule has 0 atom stereocenters. The molecule has 0 radical (unpaired) electrons. The number of anilines is 1. The number of hydrogen-bond donors (Lipinski definition) is 2. The fraction of sp³-hybridized carbons (Fsp3) is 0.182. The Morgan fingerprint density at radius 1 is 1.03 bits per heavy atom. The number of ether oxygens (including phenoxy) is 2. The van der Waals surface area contributed by atoms with Crippen LogP contribution in [0.3, 0.4) is 0 Å². The summed E-state index contributed by atoms with van der Waals surface area (Å²) in [5, 5.41) is 6.52. The standard InChI is InChI=1S/C22H20ClN3O5S/c1-13-20(32-18(25-13)12-31-17-9-5-15(23)6-10-17)22(29)26-16-7-3-14(4-8-16)21(28)24-11-19(27)30-2/h3-10H,11-12H2,1-2H3,(H,24,28)(H,26,29).